The second-order valence-corrected chi connectivity index (χ2v) is 3.44. The molecule has 0 rings (SSSR count). The first kappa shape index (κ1) is 22.8. The van der Waals surface area contributed by atoms with Crippen molar-refractivity contribution < 1.29 is 6.22 Å². The van der Waals surface area contributed by atoms with Gasteiger partial charge >= 0.3 is 0 Å². The van der Waals surface area contributed by atoms with Gasteiger partial charge in [0.1, 0.15) is 0 Å². The number of carbonyl (C=O) groups is 1. The Morgan fingerprint density at radius 2 is 1.95 bits per heavy atom. The van der Waals surface area contributed by atoms with Crippen molar-refractivity contribution in [3.8, 4) is 0 Å². The van der Waals surface area contributed by atoms with E-state index in [1.54, 1.807) is 12.3 Å². The Kier molecular flexibility index (Phi) is 26.3. The van der Waals surface area contributed by atoms with Gasteiger partial charge < -0.3 is 11.1 Å². The maximum Gasteiger partial charge on any atom is 0.224 e. The minimum absolute atomic E-state index is 0. The third-order valence-corrected chi connectivity index (χ3v) is 2.23. The fourth-order valence-corrected chi connectivity index (χ4v) is 1.13. The van der Waals surface area contributed by atoms with E-state index in [0.29, 0.717) is 12.3 Å². The van der Waals surface area contributed by atoms with E-state index in [0.717, 1.165) is 19.3 Å². The van der Waals surface area contributed by atoms with Gasteiger partial charge in [-0.2, -0.15) is 0 Å². The molecule has 0 saturated heterocycles. The molecule has 19 heavy (non-hydrogen) atoms. The van der Waals surface area contributed by atoms with Crippen molar-refractivity contribution in [2.45, 2.75) is 46.5 Å². The minimum atomic E-state index is 0. The van der Waals surface area contributed by atoms with E-state index in [-0.39, 0.29) is 7.33 Å². The van der Waals surface area contributed by atoms with Crippen molar-refractivity contribution in [3.05, 3.63) is 37.6 Å². The molecule has 1 atom stereocenters. The van der Waals surface area contributed by atoms with Crippen LogP contribution in [0.25, 0.3) is 0 Å². The Labute approximate surface area is 121 Å². The summed E-state index contributed by atoms with van der Waals surface area (Å²) in [4.78, 5) is 11.2. The van der Waals surface area contributed by atoms with Crippen LogP contribution in [0.1, 0.15) is 47.9 Å². The van der Waals surface area contributed by atoms with Crippen molar-refractivity contribution in [2.24, 2.45) is 11.7 Å². The van der Waals surface area contributed by atoms with Crippen LogP contribution in [0.15, 0.2) is 37.6 Å². The Morgan fingerprint density at radius 1 is 1.37 bits per heavy atom. The molecular weight excluding hydrogens is 236 g/mol. The topological polar surface area (TPSA) is 55.1 Å². The van der Waals surface area contributed by atoms with Gasteiger partial charge in [-0.1, -0.05) is 39.0 Å². The molecule has 3 N–H and O–H groups in total. The molecule has 0 fully saturated rings. The highest BCUT2D eigenvalue weighted by Crippen LogP contribution is 2.08. The van der Waals surface area contributed by atoms with Crippen LogP contribution in [0.4, 0.5) is 0 Å². The van der Waals surface area contributed by atoms with E-state index in [1.165, 1.54) is 7.05 Å². The van der Waals surface area contributed by atoms with Crippen LogP contribution in [0.2, 0.25) is 0 Å². The number of amides is 1. The summed E-state index contributed by atoms with van der Waals surface area (Å²) in [6, 6.07) is 0. The van der Waals surface area contributed by atoms with Crippen molar-refractivity contribution in [1.82, 2.24) is 5.32 Å². The molecule has 3 heteroatoms. The van der Waals surface area contributed by atoms with Gasteiger partial charge in [-0.25, -0.2) is 0 Å². The number of hydrogen-bond acceptors (Lipinski definition) is 2. The van der Waals surface area contributed by atoms with Crippen LogP contribution in [-0.2, 0) is 4.79 Å². The zero-order valence-corrected chi connectivity index (χ0v) is 13.1. The zero-order chi connectivity index (χ0) is 15.5. The summed E-state index contributed by atoms with van der Waals surface area (Å²) < 4.78 is 0. The lowest BCUT2D eigenvalue weighted by Crippen LogP contribution is -2.15. The van der Waals surface area contributed by atoms with Gasteiger partial charge in [0.05, 0.1) is 0 Å². The summed E-state index contributed by atoms with van der Waals surface area (Å²) in [5.41, 5.74) is 4.50. The van der Waals surface area contributed by atoms with Crippen LogP contribution in [-0.4, -0.2) is 13.0 Å². The Hall–Kier alpha value is -1.35. The first-order valence-corrected chi connectivity index (χ1v) is 7.00. The summed E-state index contributed by atoms with van der Waals surface area (Å²) in [6.45, 7) is 13.4. The molecule has 0 aliphatic heterocycles. The second kappa shape index (κ2) is 21.9. The summed E-state index contributed by atoms with van der Waals surface area (Å²) in [6.07, 6.45) is 10.6. The van der Waals surface area contributed by atoms with E-state index < -0.39 is 0 Å². The molecular formula is C16H34N2O. The number of hydrogen-bond donors (Lipinski definition) is 2. The van der Waals surface area contributed by atoms with Crippen molar-refractivity contribution >= 4 is 5.91 Å². The van der Waals surface area contributed by atoms with E-state index in [1.807, 2.05) is 26.0 Å². The molecule has 114 valence electrons. The van der Waals surface area contributed by atoms with Crippen LogP contribution in [0.3, 0.4) is 0 Å². The Bertz CT molecular complexity index is 241. The lowest BCUT2D eigenvalue weighted by molar-refractivity contribution is -0.120. The van der Waals surface area contributed by atoms with E-state index in [4.69, 9.17) is 0 Å². The molecule has 1 amide bonds. The van der Waals surface area contributed by atoms with Crippen molar-refractivity contribution in [1.29, 1.82) is 0 Å². The second-order valence-electron chi connectivity index (χ2n) is 3.44. The van der Waals surface area contributed by atoms with Crippen LogP contribution >= 0.6 is 0 Å². The lowest BCUT2D eigenvalue weighted by atomic mass is 10.0. The predicted octanol–water partition coefficient (Wildman–Crippen LogP) is 4.03. The maximum atomic E-state index is 11.2. The quantitative estimate of drug-likeness (QED) is 0.654. The Morgan fingerprint density at radius 3 is 2.37 bits per heavy atom. The molecule has 0 aliphatic carbocycles. The highest BCUT2D eigenvalue weighted by atomic mass is 16.1. The van der Waals surface area contributed by atoms with Gasteiger partial charge in [0.15, 0.2) is 0 Å². The molecule has 0 radical (unpaired) electrons. The van der Waals surface area contributed by atoms with Crippen molar-refractivity contribution in [3.63, 3.8) is 0 Å². The number of carbonyl (C=O) groups excluding carboxylic acids is 1. The normalized spacial score (nSPS) is 10.4. The lowest BCUT2D eigenvalue weighted by Gasteiger charge is -2.04. The van der Waals surface area contributed by atoms with Crippen LogP contribution < -0.4 is 11.1 Å². The average Bonchev–Trinajstić information content (AvgIpc) is 2.49. The number of allylic oxidation sites excluding steroid dienone is 3. The molecule has 0 aromatic rings. The monoisotopic (exact) mass is 270 g/mol. The maximum absolute atomic E-state index is 11.2. The summed E-state index contributed by atoms with van der Waals surface area (Å²) in [7, 11) is 1.50. The van der Waals surface area contributed by atoms with Gasteiger partial charge in [0.25, 0.3) is 0 Å². The first-order valence-electron chi connectivity index (χ1n) is 7.00. The number of rotatable bonds is 8. The number of nitrogens with two attached hydrogens (primary N) is 1. The molecule has 0 aromatic carbocycles. The fourth-order valence-electron chi connectivity index (χ4n) is 1.13. The van der Waals surface area contributed by atoms with Gasteiger partial charge in [0.2, 0.25) is 5.91 Å². The van der Waals surface area contributed by atoms with Gasteiger partial charge in [-0.3, -0.25) is 4.79 Å². The summed E-state index contributed by atoms with van der Waals surface area (Å²) in [5, 5.41) is 2.72. The van der Waals surface area contributed by atoms with Gasteiger partial charge in [0, 0.05) is 7.85 Å². The summed E-state index contributed by atoms with van der Waals surface area (Å²) in [5.74, 6) is 0.545. The molecule has 0 aliphatic rings. The third kappa shape index (κ3) is 19.2. The summed E-state index contributed by atoms with van der Waals surface area (Å²) >= 11 is 0. The van der Waals surface area contributed by atoms with Gasteiger partial charge in [-0.05, 0) is 38.4 Å². The largest absolute Gasteiger partial charge is 0.333 e. The first-order chi connectivity index (χ1) is 9.24. The van der Waals surface area contributed by atoms with Gasteiger partial charge in [-0.15, -0.1) is 13.2 Å². The third-order valence-electron chi connectivity index (χ3n) is 2.23. The fraction of sp³-hybridized carbons (Fsp3) is 0.562. The SMILES string of the molecule is C=CCCC(=O)N/C=C/C[C@@H](C=C)CC.CC.CN.[HH]. The molecule has 0 aromatic heterocycles. The molecule has 0 heterocycles. The van der Waals surface area contributed by atoms with Crippen LogP contribution in [0.5, 0.6) is 0 Å². The highest BCUT2D eigenvalue weighted by Gasteiger charge is 1.97. The van der Waals surface area contributed by atoms with Crippen molar-refractivity contribution in [2.75, 3.05) is 7.05 Å². The van der Waals surface area contributed by atoms with Crippen LogP contribution in [0, 0.1) is 5.92 Å². The smallest absolute Gasteiger partial charge is 0.224 e. The molecule has 0 spiro atoms. The minimum Gasteiger partial charge on any atom is -0.333 e. The Balaban J connectivity index is -0.000000233. The highest BCUT2D eigenvalue weighted by molar-refractivity contribution is 5.76. The number of nitrogens with one attached hydrogen (secondary N) is 1. The molecule has 3 nitrogen and oxygen atoms in total. The molecule has 0 saturated carbocycles. The standard InChI is InChI=1S/C13H21NO.C2H6.CH5N.H2/c1-4-7-10-13(15)14-11-8-9-12(5-2)6-3;2*1-2;/h4-5,8,11-12H,1-2,6-7,9-10H2,3H3,(H,14,15);1-2H3;2H2,1H3;1H/b11-8+;;;/t12-;;;/m0.../s1. The molecule has 0 bridgehead atoms. The van der Waals surface area contributed by atoms with E-state index >= 15 is 0 Å². The average molecular weight is 270 g/mol. The predicted molar refractivity (Wildman–Crippen MR) is 88.9 cm³/mol. The zero-order valence-electron chi connectivity index (χ0n) is 13.1. The van der Waals surface area contributed by atoms with E-state index in [2.05, 4.69) is 31.1 Å². The van der Waals surface area contributed by atoms with E-state index in [9.17, 15) is 4.79 Å². The molecule has 0 unspecified atom stereocenters.